The number of fused-ring (bicyclic) bond motifs is 6. The molecule has 0 unspecified atom stereocenters. The Morgan fingerprint density at radius 1 is 0.258 bits per heavy atom. The highest BCUT2D eigenvalue weighted by molar-refractivity contribution is 6.12. The zero-order chi connectivity index (χ0) is 47.4. The van der Waals surface area contributed by atoms with Crippen LogP contribution in [0.2, 0.25) is 0 Å². The molecule has 336 valence electrons. The lowest BCUT2D eigenvalue weighted by atomic mass is 9.78. The van der Waals surface area contributed by atoms with Gasteiger partial charge in [-0.1, -0.05) is 144 Å². The van der Waals surface area contributed by atoms with Crippen LogP contribution in [0.5, 0.6) is 0 Å². The summed E-state index contributed by atoms with van der Waals surface area (Å²) in [6.07, 6.45) is 0. The second-order valence-corrected chi connectivity index (χ2v) is 23.5. The fourth-order valence-corrected chi connectivity index (χ4v) is 9.76. The van der Waals surface area contributed by atoms with Gasteiger partial charge in [0.25, 0.3) is 0 Å². The molecule has 1 aliphatic carbocycles. The zero-order valence-electron chi connectivity index (χ0n) is 42.6. The Morgan fingerprint density at radius 2 is 0.500 bits per heavy atom. The molecule has 0 N–H and O–H groups in total. The fourth-order valence-electron chi connectivity index (χ4n) is 9.76. The summed E-state index contributed by atoms with van der Waals surface area (Å²) < 4.78 is 0. The number of hydrogen-bond acceptors (Lipinski definition) is 2. The second kappa shape index (κ2) is 15.8. The van der Waals surface area contributed by atoms with Gasteiger partial charge in [-0.2, -0.15) is 0 Å². The van der Waals surface area contributed by atoms with Gasteiger partial charge in [-0.3, -0.25) is 0 Å². The van der Waals surface area contributed by atoms with E-state index in [1.54, 1.807) is 0 Å². The van der Waals surface area contributed by atoms with Gasteiger partial charge in [-0.25, -0.2) is 0 Å². The Bertz CT molecular complexity index is 2860. The molecule has 0 heterocycles. The van der Waals surface area contributed by atoms with Gasteiger partial charge in [-0.05, 0) is 210 Å². The minimum atomic E-state index is 0.0226. The third-order valence-corrected chi connectivity index (χ3v) is 14.3. The van der Waals surface area contributed by atoms with Crippen LogP contribution in [0.1, 0.15) is 128 Å². The predicted octanol–water partition coefficient (Wildman–Crippen LogP) is 19.0. The molecule has 0 aromatic heterocycles. The lowest BCUT2D eigenvalue weighted by molar-refractivity contribution is 0.589. The van der Waals surface area contributed by atoms with Gasteiger partial charge in [-0.15, -0.1) is 0 Å². The highest BCUT2D eigenvalue weighted by Crippen LogP contribution is 2.52. The van der Waals surface area contributed by atoms with Crippen molar-refractivity contribution in [2.45, 2.75) is 132 Å². The first-order chi connectivity index (χ1) is 30.9. The number of rotatable bonds is 6. The molecule has 8 aromatic carbocycles. The molecule has 0 aliphatic heterocycles. The Hall–Kier alpha value is -6.12. The van der Waals surface area contributed by atoms with E-state index in [0.29, 0.717) is 0 Å². The molecule has 2 nitrogen and oxygen atoms in total. The number of nitrogens with zero attached hydrogens (tertiary/aromatic N) is 2. The van der Waals surface area contributed by atoms with Gasteiger partial charge in [0.05, 0.1) is 0 Å². The van der Waals surface area contributed by atoms with Crippen molar-refractivity contribution in [2.75, 3.05) is 9.80 Å². The molecular formula is C64H70N2. The monoisotopic (exact) mass is 867 g/mol. The molecular weight excluding hydrogens is 797 g/mol. The minimum absolute atomic E-state index is 0.0226. The molecule has 0 saturated carbocycles. The summed E-state index contributed by atoms with van der Waals surface area (Å²) in [6.45, 7) is 36.7. The third-order valence-electron chi connectivity index (χ3n) is 14.3. The summed E-state index contributed by atoms with van der Waals surface area (Å²) >= 11 is 0. The van der Waals surface area contributed by atoms with Crippen molar-refractivity contribution >= 4 is 55.7 Å². The van der Waals surface area contributed by atoms with Crippen molar-refractivity contribution in [1.82, 2.24) is 0 Å². The van der Waals surface area contributed by atoms with Gasteiger partial charge in [0, 0.05) is 34.1 Å². The van der Waals surface area contributed by atoms with E-state index in [0.717, 1.165) is 0 Å². The fraction of sp³-hybridized carbons (Fsp3) is 0.312. The maximum atomic E-state index is 2.51. The van der Waals surface area contributed by atoms with Crippen LogP contribution < -0.4 is 9.80 Å². The van der Waals surface area contributed by atoms with E-state index in [2.05, 4.69) is 254 Å². The van der Waals surface area contributed by atoms with E-state index in [-0.39, 0.29) is 21.7 Å². The van der Waals surface area contributed by atoms with Gasteiger partial charge >= 0.3 is 0 Å². The first kappa shape index (κ1) is 45.1. The van der Waals surface area contributed by atoms with Crippen LogP contribution in [-0.2, 0) is 21.7 Å². The Kier molecular flexibility index (Phi) is 10.8. The first-order valence-electron chi connectivity index (χ1n) is 24.1. The zero-order valence-corrected chi connectivity index (χ0v) is 42.6. The largest absolute Gasteiger partial charge is 0.310 e. The van der Waals surface area contributed by atoms with Gasteiger partial charge in [0.15, 0.2) is 0 Å². The molecule has 0 atom stereocenters. The second-order valence-electron chi connectivity index (χ2n) is 23.5. The summed E-state index contributed by atoms with van der Waals surface area (Å²) in [5, 5.41) is 5.02. The SMILES string of the molecule is Cc1ccc(C(C)(C)C)cc1N(c1ccc2cc3c(cc2c1)-c1cc2ccc(N(c4cc(C(C)(C)C)ccc4C)c4cc(C(C)(C)C)ccc4C)cc2cc1-3)c1cc(C(C)(C)C)ccc1C. The van der Waals surface area contributed by atoms with E-state index >= 15 is 0 Å². The molecule has 0 fully saturated rings. The van der Waals surface area contributed by atoms with Crippen molar-refractivity contribution in [3.63, 3.8) is 0 Å². The average molecular weight is 867 g/mol. The summed E-state index contributed by atoms with van der Waals surface area (Å²) in [5.74, 6) is 0. The number of hydrogen-bond donors (Lipinski definition) is 0. The van der Waals surface area contributed by atoms with Crippen molar-refractivity contribution in [1.29, 1.82) is 0 Å². The molecule has 0 radical (unpaired) electrons. The number of anilines is 6. The van der Waals surface area contributed by atoms with Crippen LogP contribution in [0.4, 0.5) is 34.1 Å². The lowest BCUT2D eigenvalue weighted by Crippen LogP contribution is -2.18. The van der Waals surface area contributed by atoms with Gasteiger partial charge in [0.2, 0.25) is 0 Å². The maximum absolute atomic E-state index is 2.51. The van der Waals surface area contributed by atoms with E-state index in [1.807, 2.05) is 0 Å². The molecule has 0 amide bonds. The first-order valence-corrected chi connectivity index (χ1v) is 24.1. The summed E-state index contributed by atoms with van der Waals surface area (Å²) in [6, 6.07) is 51.9. The van der Waals surface area contributed by atoms with E-state index < -0.39 is 0 Å². The van der Waals surface area contributed by atoms with Gasteiger partial charge < -0.3 is 9.80 Å². The number of aryl methyl sites for hydroxylation is 4. The summed E-state index contributed by atoms with van der Waals surface area (Å²) in [5.41, 5.74) is 23.0. The molecule has 9 rings (SSSR count). The Morgan fingerprint density at radius 3 is 0.742 bits per heavy atom. The molecule has 8 aromatic rings. The normalized spacial score (nSPS) is 12.8. The number of benzene rings is 8. The smallest absolute Gasteiger partial charge is 0.0493 e. The van der Waals surface area contributed by atoms with Crippen molar-refractivity contribution in [3.05, 3.63) is 178 Å². The standard InChI is InChI=1S/C64H70N2/c1-39-17-23-47(61(5,6)7)35-57(39)65(58-36-48(62(8,9)10)24-18-40(58)2)51-27-21-43-31-53-55(33-45(43)29-51)54-32-44-22-28-52(30-46(44)34-56(53)54)66(59-37-49(63(11,12)13)25-19-41(59)3)60-38-50(64(14,15)16)26-20-42(60)4/h17-38H,1-16H3. The van der Waals surface area contributed by atoms with Crippen LogP contribution in [0.25, 0.3) is 43.8 Å². The highest BCUT2D eigenvalue weighted by Gasteiger charge is 2.28. The molecule has 0 bridgehead atoms. The summed E-state index contributed by atoms with van der Waals surface area (Å²) in [7, 11) is 0. The van der Waals surface area contributed by atoms with Crippen LogP contribution in [-0.4, -0.2) is 0 Å². The topological polar surface area (TPSA) is 6.48 Å². The van der Waals surface area contributed by atoms with Crippen LogP contribution in [0.3, 0.4) is 0 Å². The highest BCUT2D eigenvalue weighted by atomic mass is 15.2. The van der Waals surface area contributed by atoms with E-state index in [9.17, 15) is 0 Å². The maximum Gasteiger partial charge on any atom is 0.0493 e. The average Bonchev–Trinajstić information content (AvgIpc) is 3.23. The van der Waals surface area contributed by atoms with Gasteiger partial charge in [0.1, 0.15) is 0 Å². The van der Waals surface area contributed by atoms with Crippen molar-refractivity contribution in [3.8, 4) is 22.3 Å². The molecule has 2 heteroatoms. The van der Waals surface area contributed by atoms with Crippen LogP contribution >= 0.6 is 0 Å². The molecule has 0 saturated heterocycles. The van der Waals surface area contributed by atoms with Crippen molar-refractivity contribution in [2.24, 2.45) is 0 Å². The van der Waals surface area contributed by atoms with Crippen LogP contribution in [0.15, 0.2) is 133 Å². The minimum Gasteiger partial charge on any atom is -0.310 e. The van der Waals surface area contributed by atoms with E-state index in [1.165, 1.54) is 122 Å². The van der Waals surface area contributed by atoms with Crippen LogP contribution in [0, 0.1) is 27.7 Å². The van der Waals surface area contributed by atoms with E-state index in [4.69, 9.17) is 0 Å². The Labute approximate surface area is 396 Å². The third kappa shape index (κ3) is 8.12. The molecule has 66 heavy (non-hydrogen) atoms. The predicted molar refractivity (Wildman–Crippen MR) is 289 cm³/mol. The lowest BCUT2D eigenvalue weighted by Gasteiger charge is -2.33. The quantitative estimate of drug-likeness (QED) is 0.164. The van der Waals surface area contributed by atoms with Crippen molar-refractivity contribution < 1.29 is 0 Å². The Balaban J connectivity index is 1.16. The molecule has 1 aliphatic rings. The summed E-state index contributed by atoms with van der Waals surface area (Å²) in [4.78, 5) is 5.02. The molecule has 0 spiro atoms.